The van der Waals surface area contributed by atoms with Crippen LogP contribution < -0.4 is 0 Å². The van der Waals surface area contributed by atoms with E-state index in [-0.39, 0.29) is 0 Å². The van der Waals surface area contributed by atoms with Gasteiger partial charge in [0.25, 0.3) is 0 Å². The van der Waals surface area contributed by atoms with Gasteiger partial charge in [-0.25, -0.2) is 0 Å². The van der Waals surface area contributed by atoms with E-state index in [4.69, 9.17) is 4.74 Å². The van der Waals surface area contributed by atoms with E-state index in [0.717, 1.165) is 26.3 Å². The van der Waals surface area contributed by atoms with Crippen LogP contribution in [0.4, 0.5) is 0 Å². The van der Waals surface area contributed by atoms with Gasteiger partial charge in [-0.3, -0.25) is 0 Å². The molecule has 0 atom stereocenters. The standard InChI is InChI=1S/C10H19NO/c1-3-4-10(2)9-11-5-7-12-8-6-11/h9H,3-8H2,1-2H3/b10-9-. The van der Waals surface area contributed by atoms with Crippen LogP contribution in [-0.2, 0) is 4.74 Å². The van der Waals surface area contributed by atoms with Crippen molar-refractivity contribution in [3.05, 3.63) is 11.8 Å². The van der Waals surface area contributed by atoms with E-state index in [2.05, 4.69) is 24.9 Å². The van der Waals surface area contributed by atoms with Crippen molar-refractivity contribution in [3.63, 3.8) is 0 Å². The molecule has 1 aliphatic rings. The normalized spacial score (nSPS) is 19.8. The van der Waals surface area contributed by atoms with Crippen LogP contribution in [0.2, 0.25) is 0 Å². The molecular weight excluding hydrogens is 150 g/mol. The molecule has 0 amide bonds. The Balaban J connectivity index is 2.31. The molecule has 1 heterocycles. The van der Waals surface area contributed by atoms with Gasteiger partial charge in [0, 0.05) is 13.1 Å². The minimum Gasteiger partial charge on any atom is -0.378 e. The number of nitrogens with zero attached hydrogens (tertiary/aromatic N) is 1. The molecule has 0 aliphatic carbocycles. The van der Waals surface area contributed by atoms with Crippen LogP contribution in [0.25, 0.3) is 0 Å². The number of hydrogen-bond donors (Lipinski definition) is 0. The van der Waals surface area contributed by atoms with Crippen LogP contribution in [-0.4, -0.2) is 31.2 Å². The third kappa shape index (κ3) is 3.26. The molecule has 0 radical (unpaired) electrons. The lowest BCUT2D eigenvalue weighted by Crippen LogP contribution is -2.32. The van der Waals surface area contributed by atoms with Crippen molar-refractivity contribution in [2.24, 2.45) is 0 Å². The van der Waals surface area contributed by atoms with Gasteiger partial charge >= 0.3 is 0 Å². The minimum atomic E-state index is 0.885. The number of morpholine rings is 1. The topological polar surface area (TPSA) is 12.5 Å². The second kappa shape index (κ2) is 5.20. The highest BCUT2D eigenvalue weighted by Crippen LogP contribution is 2.06. The molecule has 0 saturated carbocycles. The van der Waals surface area contributed by atoms with Crippen molar-refractivity contribution in [1.82, 2.24) is 4.90 Å². The van der Waals surface area contributed by atoms with Crippen LogP contribution in [0.5, 0.6) is 0 Å². The number of hydrogen-bond acceptors (Lipinski definition) is 2. The summed E-state index contributed by atoms with van der Waals surface area (Å²) in [5.41, 5.74) is 1.49. The molecule has 12 heavy (non-hydrogen) atoms. The van der Waals surface area contributed by atoms with Gasteiger partial charge in [-0.2, -0.15) is 0 Å². The van der Waals surface area contributed by atoms with Crippen LogP contribution in [0.15, 0.2) is 11.8 Å². The zero-order chi connectivity index (χ0) is 8.81. The first-order chi connectivity index (χ1) is 5.83. The van der Waals surface area contributed by atoms with Gasteiger partial charge in [-0.15, -0.1) is 0 Å². The smallest absolute Gasteiger partial charge is 0.0642 e. The van der Waals surface area contributed by atoms with Gasteiger partial charge in [0.05, 0.1) is 13.2 Å². The first-order valence-electron chi connectivity index (χ1n) is 4.82. The zero-order valence-electron chi connectivity index (χ0n) is 8.18. The molecule has 0 spiro atoms. The van der Waals surface area contributed by atoms with Crippen molar-refractivity contribution in [3.8, 4) is 0 Å². The van der Waals surface area contributed by atoms with Crippen LogP contribution >= 0.6 is 0 Å². The summed E-state index contributed by atoms with van der Waals surface area (Å²) >= 11 is 0. The SMILES string of the molecule is CCC/C(C)=C\N1CCOCC1. The zero-order valence-corrected chi connectivity index (χ0v) is 8.18. The Morgan fingerprint density at radius 1 is 1.42 bits per heavy atom. The fraction of sp³-hybridized carbons (Fsp3) is 0.800. The van der Waals surface area contributed by atoms with Gasteiger partial charge in [-0.05, 0) is 19.5 Å². The first kappa shape index (κ1) is 9.59. The van der Waals surface area contributed by atoms with Crippen LogP contribution in [0.1, 0.15) is 26.7 Å². The van der Waals surface area contributed by atoms with Crippen molar-refractivity contribution >= 4 is 0 Å². The molecule has 70 valence electrons. The minimum absolute atomic E-state index is 0.885. The Hall–Kier alpha value is -0.500. The van der Waals surface area contributed by atoms with E-state index in [0.29, 0.717) is 0 Å². The Bertz CT molecular complexity index is 148. The fourth-order valence-electron chi connectivity index (χ4n) is 1.48. The first-order valence-corrected chi connectivity index (χ1v) is 4.82. The van der Waals surface area contributed by atoms with E-state index in [1.165, 1.54) is 18.4 Å². The molecule has 0 unspecified atom stereocenters. The molecule has 0 N–H and O–H groups in total. The molecule has 1 rings (SSSR count). The Kier molecular flexibility index (Phi) is 4.15. The second-order valence-corrected chi connectivity index (χ2v) is 3.37. The summed E-state index contributed by atoms with van der Waals surface area (Å²) in [5.74, 6) is 0. The van der Waals surface area contributed by atoms with E-state index in [1.54, 1.807) is 0 Å². The highest BCUT2D eigenvalue weighted by Gasteiger charge is 2.05. The van der Waals surface area contributed by atoms with Gasteiger partial charge in [-0.1, -0.05) is 18.9 Å². The number of rotatable bonds is 3. The van der Waals surface area contributed by atoms with Gasteiger partial charge in [0.2, 0.25) is 0 Å². The number of ether oxygens (including phenoxy) is 1. The third-order valence-corrected chi connectivity index (χ3v) is 2.09. The lowest BCUT2D eigenvalue weighted by molar-refractivity contribution is 0.0589. The molecule has 1 saturated heterocycles. The van der Waals surface area contributed by atoms with E-state index in [9.17, 15) is 0 Å². The summed E-state index contributed by atoms with van der Waals surface area (Å²) in [6, 6.07) is 0. The molecule has 0 bridgehead atoms. The van der Waals surface area contributed by atoms with Crippen molar-refractivity contribution in [2.45, 2.75) is 26.7 Å². The quantitative estimate of drug-likeness (QED) is 0.641. The summed E-state index contributed by atoms with van der Waals surface area (Å²) in [5, 5.41) is 0. The molecule has 1 aliphatic heterocycles. The molecular formula is C10H19NO. The molecule has 0 aromatic rings. The third-order valence-electron chi connectivity index (χ3n) is 2.09. The average Bonchev–Trinajstić information content (AvgIpc) is 2.06. The van der Waals surface area contributed by atoms with Crippen LogP contribution in [0.3, 0.4) is 0 Å². The van der Waals surface area contributed by atoms with E-state index < -0.39 is 0 Å². The largest absolute Gasteiger partial charge is 0.378 e. The van der Waals surface area contributed by atoms with E-state index >= 15 is 0 Å². The molecule has 1 fully saturated rings. The molecule has 0 aromatic heterocycles. The maximum absolute atomic E-state index is 5.27. The van der Waals surface area contributed by atoms with Gasteiger partial charge < -0.3 is 9.64 Å². The highest BCUT2D eigenvalue weighted by atomic mass is 16.5. The Morgan fingerprint density at radius 2 is 2.08 bits per heavy atom. The summed E-state index contributed by atoms with van der Waals surface area (Å²) in [4.78, 5) is 2.36. The second-order valence-electron chi connectivity index (χ2n) is 3.37. The maximum Gasteiger partial charge on any atom is 0.0642 e. The predicted octanol–water partition coefficient (Wildman–Crippen LogP) is 2.02. The van der Waals surface area contributed by atoms with Crippen molar-refractivity contribution in [1.29, 1.82) is 0 Å². The summed E-state index contributed by atoms with van der Waals surface area (Å²) < 4.78 is 5.27. The Morgan fingerprint density at radius 3 is 2.67 bits per heavy atom. The summed E-state index contributed by atoms with van der Waals surface area (Å²) in [6.07, 6.45) is 4.75. The summed E-state index contributed by atoms with van der Waals surface area (Å²) in [6.45, 7) is 8.31. The van der Waals surface area contributed by atoms with E-state index in [1.807, 2.05) is 0 Å². The maximum atomic E-state index is 5.27. The lowest BCUT2D eigenvalue weighted by Gasteiger charge is -2.25. The lowest BCUT2D eigenvalue weighted by atomic mass is 10.2. The van der Waals surface area contributed by atoms with Crippen molar-refractivity contribution < 1.29 is 4.74 Å². The van der Waals surface area contributed by atoms with Gasteiger partial charge in [0.15, 0.2) is 0 Å². The molecule has 2 heteroatoms. The number of allylic oxidation sites excluding steroid dienone is 1. The van der Waals surface area contributed by atoms with Crippen molar-refractivity contribution in [2.75, 3.05) is 26.3 Å². The van der Waals surface area contributed by atoms with Gasteiger partial charge in [0.1, 0.15) is 0 Å². The monoisotopic (exact) mass is 169 g/mol. The van der Waals surface area contributed by atoms with Crippen LogP contribution in [0, 0.1) is 0 Å². The Labute approximate surface area is 75.2 Å². The highest BCUT2D eigenvalue weighted by molar-refractivity contribution is 4.97. The average molecular weight is 169 g/mol. The predicted molar refractivity (Wildman–Crippen MR) is 51.1 cm³/mol. The fourth-order valence-corrected chi connectivity index (χ4v) is 1.48. The summed E-state index contributed by atoms with van der Waals surface area (Å²) in [7, 11) is 0. The molecule has 0 aromatic carbocycles. The molecule has 2 nitrogen and oxygen atoms in total.